The van der Waals surface area contributed by atoms with Gasteiger partial charge in [0.25, 0.3) is 11.8 Å². The van der Waals surface area contributed by atoms with Crippen molar-refractivity contribution in [1.82, 2.24) is 20.1 Å². The van der Waals surface area contributed by atoms with Gasteiger partial charge in [0.05, 0.1) is 6.61 Å². The van der Waals surface area contributed by atoms with Gasteiger partial charge in [0.1, 0.15) is 5.69 Å². The van der Waals surface area contributed by atoms with Crippen LogP contribution in [0.25, 0.3) is 0 Å². The summed E-state index contributed by atoms with van der Waals surface area (Å²) in [6.45, 7) is 5.96. The molecule has 3 amide bonds. The van der Waals surface area contributed by atoms with Crippen molar-refractivity contribution >= 4 is 17.9 Å². The Balaban J connectivity index is 1.91. The summed E-state index contributed by atoms with van der Waals surface area (Å²) in [7, 11) is 1.76. The molecule has 28 heavy (non-hydrogen) atoms. The van der Waals surface area contributed by atoms with Crippen molar-refractivity contribution in [3.8, 4) is 0 Å². The molecule has 0 atom stereocenters. The van der Waals surface area contributed by atoms with E-state index in [4.69, 9.17) is 4.74 Å². The normalized spacial score (nSPS) is 14.5. The van der Waals surface area contributed by atoms with Gasteiger partial charge in [-0.3, -0.25) is 14.6 Å². The molecule has 1 aromatic heterocycles. The van der Waals surface area contributed by atoms with Crippen LogP contribution in [0.1, 0.15) is 60.4 Å². The lowest BCUT2D eigenvalue weighted by Crippen LogP contribution is -2.46. The number of unbranched alkanes of at least 4 members (excludes halogenated alkanes) is 1. The van der Waals surface area contributed by atoms with Gasteiger partial charge in [-0.15, -0.1) is 0 Å². The number of aromatic nitrogens is 1. The summed E-state index contributed by atoms with van der Waals surface area (Å²) in [6.07, 6.45) is 4.43. The number of rotatable bonds is 7. The second-order valence-corrected chi connectivity index (χ2v) is 6.94. The lowest BCUT2D eigenvalue weighted by Gasteiger charge is -2.31. The van der Waals surface area contributed by atoms with Crippen molar-refractivity contribution in [1.29, 1.82) is 0 Å². The van der Waals surface area contributed by atoms with E-state index in [9.17, 15) is 14.4 Å². The van der Waals surface area contributed by atoms with Crippen molar-refractivity contribution in [3.63, 3.8) is 0 Å². The average molecular weight is 390 g/mol. The van der Waals surface area contributed by atoms with E-state index in [2.05, 4.69) is 17.2 Å². The number of carbonyl (C=O) groups excluding carboxylic acids is 3. The molecule has 1 saturated heterocycles. The van der Waals surface area contributed by atoms with Crippen LogP contribution in [0.3, 0.4) is 0 Å². The topological polar surface area (TPSA) is 91.8 Å². The molecule has 2 heterocycles. The predicted octanol–water partition coefficient (Wildman–Crippen LogP) is 2.30. The maximum absolute atomic E-state index is 12.5. The Bertz CT molecular complexity index is 687. The number of carbonyl (C=O) groups is 3. The fourth-order valence-electron chi connectivity index (χ4n) is 3.09. The van der Waals surface area contributed by atoms with Gasteiger partial charge in [-0.05, 0) is 38.3 Å². The van der Waals surface area contributed by atoms with Crippen LogP contribution in [0.4, 0.5) is 4.79 Å². The smallest absolute Gasteiger partial charge is 0.409 e. The number of nitrogens with zero attached hydrogens (tertiary/aromatic N) is 3. The van der Waals surface area contributed by atoms with E-state index in [0.717, 1.165) is 12.8 Å². The zero-order valence-corrected chi connectivity index (χ0v) is 16.9. The molecule has 0 bridgehead atoms. The highest BCUT2D eigenvalue weighted by Gasteiger charge is 2.25. The van der Waals surface area contributed by atoms with E-state index in [-0.39, 0.29) is 29.6 Å². The Kier molecular flexibility index (Phi) is 8.22. The Morgan fingerprint density at radius 3 is 2.64 bits per heavy atom. The van der Waals surface area contributed by atoms with Gasteiger partial charge >= 0.3 is 6.09 Å². The summed E-state index contributed by atoms with van der Waals surface area (Å²) >= 11 is 0. The summed E-state index contributed by atoms with van der Waals surface area (Å²) in [5, 5.41) is 2.95. The van der Waals surface area contributed by atoms with Crippen molar-refractivity contribution in [2.24, 2.45) is 0 Å². The van der Waals surface area contributed by atoms with Crippen LogP contribution in [0, 0.1) is 0 Å². The number of amides is 3. The minimum absolute atomic E-state index is 0.0356. The van der Waals surface area contributed by atoms with Crippen molar-refractivity contribution in [2.75, 3.05) is 33.3 Å². The van der Waals surface area contributed by atoms with E-state index < -0.39 is 0 Å². The van der Waals surface area contributed by atoms with Crippen molar-refractivity contribution in [3.05, 3.63) is 29.6 Å². The maximum atomic E-state index is 12.5. The molecule has 0 spiro atoms. The molecule has 154 valence electrons. The molecule has 0 aromatic carbocycles. The summed E-state index contributed by atoms with van der Waals surface area (Å²) in [6, 6.07) is 3.12. The highest BCUT2D eigenvalue weighted by Crippen LogP contribution is 2.13. The van der Waals surface area contributed by atoms with E-state index >= 15 is 0 Å². The minimum Gasteiger partial charge on any atom is -0.450 e. The van der Waals surface area contributed by atoms with Gasteiger partial charge in [0.2, 0.25) is 0 Å². The number of ether oxygens (including phenoxy) is 1. The summed E-state index contributed by atoms with van der Waals surface area (Å²) < 4.78 is 5.00. The first-order valence-corrected chi connectivity index (χ1v) is 9.90. The van der Waals surface area contributed by atoms with Crippen LogP contribution in [0.15, 0.2) is 18.3 Å². The molecular weight excluding hydrogens is 360 g/mol. The Morgan fingerprint density at radius 2 is 2.00 bits per heavy atom. The zero-order valence-electron chi connectivity index (χ0n) is 16.9. The molecule has 8 nitrogen and oxygen atoms in total. The third-order valence-corrected chi connectivity index (χ3v) is 4.79. The number of likely N-dealkylation sites (tertiary alicyclic amines) is 1. The predicted molar refractivity (Wildman–Crippen MR) is 105 cm³/mol. The Morgan fingerprint density at radius 1 is 1.29 bits per heavy atom. The molecule has 0 unspecified atom stereocenters. The van der Waals surface area contributed by atoms with Gasteiger partial charge < -0.3 is 19.9 Å². The van der Waals surface area contributed by atoms with Gasteiger partial charge in [-0.1, -0.05) is 13.3 Å². The molecule has 0 aliphatic carbocycles. The Labute approximate surface area is 166 Å². The number of hydrogen-bond acceptors (Lipinski definition) is 5. The lowest BCUT2D eigenvalue weighted by molar-refractivity contribution is 0.0793. The number of pyridine rings is 1. The average Bonchev–Trinajstić information content (AvgIpc) is 2.72. The molecule has 0 radical (unpaired) electrons. The van der Waals surface area contributed by atoms with Crippen LogP contribution < -0.4 is 5.32 Å². The molecule has 0 saturated carbocycles. The van der Waals surface area contributed by atoms with Crippen LogP contribution in [-0.2, 0) is 4.74 Å². The van der Waals surface area contributed by atoms with Gasteiger partial charge in [0, 0.05) is 44.5 Å². The fourth-order valence-corrected chi connectivity index (χ4v) is 3.09. The largest absolute Gasteiger partial charge is 0.450 e. The highest BCUT2D eigenvalue weighted by molar-refractivity contribution is 5.98. The van der Waals surface area contributed by atoms with Crippen molar-refractivity contribution < 1.29 is 19.1 Å². The quantitative estimate of drug-likeness (QED) is 0.771. The van der Waals surface area contributed by atoms with E-state index in [1.807, 2.05) is 0 Å². The van der Waals surface area contributed by atoms with Crippen LogP contribution >= 0.6 is 0 Å². The molecular formula is C20H30N4O4. The van der Waals surface area contributed by atoms with E-state index in [1.165, 1.54) is 12.3 Å². The van der Waals surface area contributed by atoms with Crippen molar-refractivity contribution in [2.45, 2.75) is 45.6 Å². The molecule has 1 N–H and O–H groups in total. The third-order valence-electron chi connectivity index (χ3n) is 4.79. The first-order chi connectivity index (χ1) is 13.5. The number of nitrogens with one attached hydrogen (secondary N) is 1. The first-order valence-electron chi connectivity index (χ1n) is 9.90. The summed E-state index contributed by atoms with van der Waals surface area (Å²) in [5.41, 5.74) is 0.679. The number of hydrogen-bond donors (Lipinski definition) is 1. The van der Waals surface area contributed by atoms with Crippen LogP contribution in [0.2, 0.25) is 0 Å². The first kappa shape index (κ1) is 21.7. The fraction of sp³-hybridized carbons (Fsp3) is 0.600. The van der Waals surface area contributed by atoms with Crippen LogP contribution in [0.5, 0.6) is 0 Å². The molecule has 1 aliphatic rings. The Hall–Kier alpha value is -2.64. The lowest BCUT2D eigenvalue weighted by atomic mass is 10.1. The second kappa shape index (κ2) is 10.6. The van der Waals surface area contributed by atoms with Crippen LogP contribution in [-0.4, -0.2) is 72.0 Å². The monoisotopic (exact) mass is 390 g/mol. The molecule has 2 rings (SSSR count). The SMILES string of the molecule is CCCCN(C)C(=O)c1ccnc(C(=O)NC2CCN(C(=O)OCC)CC2)c1. The molecule has 1 aliphatic heterocycles. The highest BCUT2D eigenvalue weighted by atomic mass is 16.6. The van der Waals surface area contributed by atoms with Gasteiger partial charge in [0.15, 0.2) is 0 Å². The van der Waals surface area contributed by atoms with E-state index in [1.54, 1.807) is 29.8 Å². The van der Waals surface area contributed by atoms with Gasteiger partial charge in [-0.2, -0.15) is 0 Å². The molecule has 1 aromatic rings. The third kappa shape index (κ3) is 5.94. The zero-order chi connectivity index (χ0) is 20.5. The minimum atomic E-state index is -0.313. The van der Waals surface area contributed by atoms with Gasteiger partial charge in [-0.25, -0.2) is 4.79 Å². The summed E-state index contributed by atoms with van der Waals surface area (Å²) in [4.78, 5) is 44.2. The standard InChI is InChI=1S/C20H30N4O4/c1-4-6-11-23(3)19(26)15-7-10-21-17(14-15)18(25)22-16-8-12-24(13-9-16)20(27)28-5-2/h7,10,14,16H,4-6,8-9,11-13H2,1-3H3,(H,22,25). The maximum Gasteiger partial charge on any atom is 0.409 e. The molecule has 1 fully saturated rings. The molecule has 8 heteroatoms. The van der Waals surface area contributed by atoms with E-state index in [0.29, 0.717) is 44.6 Å². The number of piperidine rings is 1. The summed E-state index contributed by atoms with van der Waals surface area (Å²) in [5.74, 6) is -0.423. The second-order valence-electron chi connectivity index (χ2n) is 6.94.